The van der Waals surface area contributed by atoms with Crippen LogP contribution in [0.25, 0.3) is 5.65 Å². The third-order valence-electron chi connectivity index (χ3n) is 5.42. The summed E-state index contributed by atoms with van der Waals surface area (Å²) in [5, 5.41) is 20.5. The van der Waals surface area contributed by atoms with E-state index in [9.17, 15) is 19.5 Å². The largest absolute Gasteiger partial charge is 0.492 e. The fourth-order valence-electron chi connectivity index (χ4n) is 3.25. The van der Waals surface area contributed by atoms with Gasteiger partial charge in [0.15, 0.2) is 11.3 Å². The van der Waals surface area contributed by atoms with Crippen LogP contribution in [0.1, 0.15) is 74.7 Å². The Bertz CT molecular complexity index is 1090. The predicted octanol–water partition coefficient (Wildman–Crippen LogP) is 1.68. The van der Waals surface area contributed by atoms with Gasteiger partial charge < -0.3 is 20.5 Å². The van der Waals surface area contributed by atoms with Crippen LogP contribution in [0.3, 0.4) is 0 Å². The van der Waals surface area contributed by atoms with Gasteiger partial charge in [0.2, 0.25) is 5.88 Å². The number of hydrogen-bond acceptors (Lipinski definition) is 6. The van der Waals surface area contributed by atoms with E-state index >= 15 is 0 Å². The average molecular weight is 448 g/mol. The van der Waals surface area contributed by atoms with E-state index in [-0.39, 0.29) is 40.5 Å². The van der Waals surface area contributed by atoms with Crippen molar-refractivity contribution in [1.29, 1.82) is 0 Å². The molecule has 3 N–H and O–H groups in total. The summed E-state index contributed by atoms with van der Waals surface area (Å²) in [4.78, 5) is 38.6. The molecular weight excluding hydrogens is 414 g/mol. The summed E-state index contributed by atoms with van der Waals surface area (Å²) in [5.41, 5.74) is -1.39. The molecule has 2 aromatic heterocycles. The van der Waals surface area contributed by atoms with Gasteiger partial charge in [-0.25, -0.2) is 0 Å². The highest BCUT2D eigenvalue weighted by Crippen LogP contribution is 2.24. The van der Waals surface area contributed by atoms with E-state index < -0.39 is 23.3 Å². The van der Waals surface area contributed by atoms with Crippen LogP contribution in [0, 0.1) is 5.41 Å². The first-order chi connectivity index (χ1) is 14.8. The number of nitrogens with zero attached hydrogens (tertiary/aromatic N) is 3. The second kappa shape index (κ2) is 8.57. The minimum absolute atomic E-state index is 0.0170. The zero-order chi connectivity index (χ0) is 23.8. The zero-order valence-electron chi connectivity index (χ0n) is 19.6. The van der Waals surface area contributed by atoms with E-state index in [1.807, 2.05) is 34.6 Å². The van der Waals surface area contributed by atoms with E-state index in [1.54, 1.807) is 7.11 Å². The summed E-state index contributed by atoms with van der Waals surface area (Å²) in [6.45, 7) is 10.3. The Balaban J connectivity index is 2.00. The molecule has 1 aliphatic rings. The maximum atomic E-state index is 13.2. The second-order valence-electron chi connectivity index (χ2n) is 10.2. The van der Waals surface area contributed by atoms with Crippen LogP contribution >= 0.6 is 0 Å². The number of aromatic hydroxyl groups is 1. The number of hydrogen-bond donors (Lipinski definition) is 3. The standard InChI is InChI=1S/C22H33N5O5/c1-21(2,3)12-26-15-11-14(17(28)23-10-9-22(4,5)32-6)25-27(15)20(31)16(19(26)30)18(29)24-13-7-8-13/h11,13,31H,7-10,12H2,1-6H3,(H,23,28)(H,24,29). The fourth-order valence-corrected chi connectivity index (χ4v) is 3.25. The molecule has 0 saturated heterocycles. The van der Waals surface area contributed by atoms with Crippen molar-refractivity contribution in [2.45, 2.75) is 72.1 Å². The Labute approximate surface area is 186 Å². The molecule has 2 amide bonds. The molecule has 10 nitrogen and oxygen atoms in total. The maximum absolute atomic E-state index is 13.2. The van der Waals surface area contributed by atoms with Crippen molar-refractivity contribution in [3.8, 4) is 5.88 Å². The molecule has 3 rings (SSSR count). The van der Waals surface area contributed by atoms with Crippen LogP contribution < -0.4 is 16.2 Å². The normalized spacial score (nSPS) is 14.6. The second-order valence-corrected chi connectivity index (χ2v) is 10.2. The number of carbonyl (C=O) groups is 2. The third kappa shape index (κ3) is 5.29. The number of nitrogens with one attached hydrogen (secondary N) is 2. The summed E-state index contributed by atoms with van der Waals surface area (Å²) in [6, 6.07) is 1.47. The molecule has 32 heavy (non-hydrogen) atoms. The Morgan fingerprint density at radius 3 is 2.44 bits per heavy atom. The van der Waals surface area contributed by atoms with Gasteiger partial charge in [-0.3, -0.25) is 19.0 Å². The van der Waals surface area contributed by atoms with Crippen molar-refractivity contribution >= 4 is 17.5 Å². The van der Waals surface area contributed by atoms with E-state index in [0.29, 0.717) is 13.0 Å². The molecule has 1 fully saturated rings. The van der Waals surface area contributed by atoms with Crippen LogP contribution in [0.15, 0.2) is 10.9 Å². The number of ether oxygens (including phenoxy) is 1. The molecule has 176 valence electrons. The molecule has 0 aliphatic heterocycles. The zero-order valence-corrected chi connectivity index (χ0v) is 19.6. The highest BCUT2D eigenvalue weighted by Gasteiger charge is 2.30. The molecule has 2 heterocycles. The number of methoxy groups -OCH3 is 1. The average Bonchev–Trinajstić information content (AvgIpc) is 3.37. The lowest BCUT2D eigenvalue weighted by Crippen LogP contribution is -2.37. The van der Waals surface area contributed by atoms with Crippen molar-refractivity contribution in [1.82, 2.24) is 24.8 Å². The smallest absolute Gasteiger partial charge is 0.271 e. The Kier molecular flexibility index (Phi) is 6.37. The van der Waals surface area contributed by atoms with Gasteiger partial charge in [-0.15, -0.1) is 0 Å². The number of fused-ring (bicyclic) bond motifs is 1. The van der Waals surface area contributed by atoms with Crippen LogP contribution in [0.4, 0.5) is 0 Å². The van der Waals surface area contributed by atoms with Crippen LogP contribution in [-0.2, 0) is 11.3 Å². The molecule has 0 unspecified atom stereocenters. The number of carbonyl (C=O) groups excluding carboxylic acids is 2. The Morgan fingerprint density at radius 2 is 1.88 bits per heavy atom. The Hall–Kier alpha value is -2.88. The van der Waals surface area contributed by atoms with E-state index in [4.69, 9.17) is 4.74 Å². The van der Waals surface area contributed by atoms with E-state index in [1.165, 1.54) is 10.6 Å². The minimum Gasteiger partial charge on any atom is -0.492 e. The maximum Gasteiger partial charge on any atom is 0.271 e. The quantitative estimate of drug-likeness (QED) is 0.565. The highest BCUT2D eigenvalue weighted by atomic mass is 16.5. The van der Waals surface area contributed by atoms with Gasteiger partial charge in [0.1, 0.15) is 5.65 Å². The first-order valence-corrected chi connectivity index (χ1v) is 10.8. The fraction of sp³-hybridized carbons (Fsp3) is 0.636. The van der Waals surface area contributed by atoms with Crippen molar-refractivity contribution in [3.63, 3.8) is 0 Å². The van der Waals surface area contributed by atoms with Gasteiger partial charge >= 0.3 is 0 Å². The van der Waals surface area contributed by atoms with Crippen molar-refractivity contribution in [2.24, 2.45) is 5.41 Å². The molecular formula is C22H33N5O5. The summed E-state index contributed by atoms with van der Waals surface area (Å²) in [5.74, 6) is -1.66. The summed E-state index contributed by atoms with van der Waals surface area (Å²) < 4.78 is 7.83. The van der Waals surface area contributed by atoms with Crippen molar-refractivity contribution in [2.75, 3.05) is 13.7 Å². The predicted molar refractivity (Wildman–Crippen MR) is 119 cm³/mol. The molecule has 1 saturated carbocycles. The molecule has 0 atom stereocenters. The third-order valence-corrected chi connectivity index (χ3v) is 5.42. The lowest BCUT2D eigenvalue weighted by atomic mass is 9.97. The molecule has 1 aliphatic carbocycles. The molecule has 10 heteroatoms. The number of amides is 2. The summed E-state index contributed by atoms with van der Waals surface area (Å²) >= 11 is 0. The van der Waals surface area contributed by atoms with Crippen LogP contribution in [0.5, 0.6) is 5.88 Å². The summed E-state index contributed by atoms with van der Waals surface area (Å²) in [7, 11) is 1.61. The van der Waals surface area contributed by atoms with Gasteiger partial charge in [0, 0.05) is 32.3 Å². The van der Waals surface area contributed by atoms with Gasteiger partial charge in [-0.2, -0.15) is 9.61 Å². The minimum atomic E-state index is -0.636. The Morgan fingerprint density at radius 1 is 1.22 bits per heavy atom. The topological polar surface area (TPSA) is 127 Å². The molecule has 0 aromatic carbocycles. The van der Waals surface area contributed by atoms with Crippen LogP contribution in [0.2, 0.25) is 0 Å². The molecule has 0 radical (unpaired) electrons. The molecule has 0 bridgehead atoms. The monoisotopic (exact) mass is 447 g/mol. The molecule has 2 aromatic rings. The number of rotatable bonds is 8. The molecule has 0 spiro atoms. The van der Waals surface area contributed by atoms with Gasteiger partial charge in [0.05, 0.1) is 5.60 Å². The van der Waals surface area contributed by atoms with Crippen molar-refractivity contribution in [3.05, 3.63) is 27.7 Å². The first-order valence-electron chi connectivity index (χ1n) is 10.8. The van der Waals surface area contributed by atoms with Gasteiger partial charge in [0.25, 0.3) is 17.4 Å². The number of aromatic nitrogens is 3. The first kappa shape index (κ1) is 23.8. The van der Waals surface area contributed by atoms with Gasteiger partial charge in [-0.05, 0) is 38.5 Å². The van der Waals surface area contributed by atoms with Crippen LogP contribution in [-0.4, -0.2) is 56.4 Å². The van der Waals surface area contributed by atoms with E-state index in [0.717, 1.165) is 17.4 Å². The SMILES string of the molecule is COC(C)(C)CCNC(=O)c1cc2n(CC(C)(C)C)c(=O)c(C(=O)NC3CC3)c(O)n2n1. The summed E-state index contributed by atoms with van der Waals surface area (Å²) in [6.07, 6.45) is 2.28. The lowest BCUT2D eigenvalue weighted by molar-refractivity contribution is 0.0160. The highest BCUT2D eigenvalue weighted by molar-refractivity contribution is 5.97. The van der Waals surface area contributed by atoms with E-state index in [2.05, 4.69) is 15.7 Å². The lowest BCUT2D eigenvalue weighted by Gasteiger charge is -2.22. The van der Waals surface area contributed by atoms with Crippen molar-refractivity contribution < 1.29 is 19.4 Å². The van der Waals surface area contributed by atoms with Gasteiger partial charge in [-0.1, -0.05) is 20.8 Å².